The predicted octanol–water partition coefficient (Wildman–Crippen LogP) is 0.158. The molecule has 72 valence electrons. The molecule has 1 aliphatic rings. The molecular formula is C12H15BrMg. The Balaban J connectivity index is 0.000000845. The molecule has 0 unspecified atom stereocenters. The van der Waals surface area contributed by atoms with E-state index in [1.54, 1.807) is 0 Å². The van der Waals surface area contributed by atoms with E-state index in [-0.39, 0.29) is 40.0 Å². The van der Waals surface area contributed by atoms with Crippen molar-refractivity contribution in [2.45, 2.75) is 38.0 Å². The number of hydrogen-bond donors (Lipinski definition) is 0. The molecule has 1 aromatic rings. The second-order valence-electron chi connectivity index (χ2n) is 3.65. The molecule has 0 heterocycles. The van der Waals surface area contributed by atoms with Gasteiger partial charge in [0.25, 0.3) is 0 Å². The molecule has 0 N–H and O–H groups in total. The normalized spacial score (nSPS) is 16.6. The molecule has 2 rings (SSSR count). The third kappa shape index (κ3) is 3.91. The van der Waals surface area contributed by atoms with Crippen molar-refractivity contribution < 1.29 is 17.0 Å². The van der Waals surface area contributed by atoms with E-state index in [1.165, 1.54) is 37.7 Å². The van der Waals surface area contributed by atoms with E-state index >= 15 is 0 Å². The Morgan fingerprint density at radius 2 is 1.79 bits per heavy atom. The zero-order chi connectivity index (χ0) is 8.23. The molecule has 1 saturated carbocycles. The monoisotopic (exact) mass is 262 g/mol. The SMILES string of the molecule is [Br-].[Mg+2].[c-]1ccccc1C1CCCCC1. The van der Waals surface area contributed by atoms with Gasteiger partial charge >= 0.3 is 23.1 Å². The van der Waals surface area contributed by atoms with E-state index in [9.17, 15) is 0 Å². The minimum Gasteiger partial charge on any atom is -1.00 e. The van der Waals surface area contributed by atoms with Crippen molar-refractivity contribution in [1.29, 1.82) is 0 Å². The predicted molar refractivity (Wildman–Crippen MR) is 56.9 cm³/mol. The Labute approximate surface area is 113 Å². The van der Waals surface area contributed by atoms with Crippen LogP contribution in [0.5, 0.6) is 0 Å². The van der Waals surface area contributed by atoms with E-state index in [0.29, 0.717) is 0 Å². The van der Waals surface area contributed by atoms with Gasteiger partial charge in [-0.2, -0.15) is 35.9 Å². The van der Waals surface area contributed by atoms with Gasteiger partial charge in [-0.1, -0.05) is 19.3 Å². The van der Waals surface area contributed by atoms with Crippen molar-refractivity contribution in [3.05, 3.63) is 35.9 Å². The van der Waals surface area contributed by atoms with Gasteiger partial charge < -0.3 is 17.0 Å². The van der Waals surface area contributed by atoms with Crippen LogP contribution in [0.4, 0.5) is 0 Å². The van der Waals surface area contributed by atoms with Crippen molar-refractivity contribution in [3.63, 3.8) is 0 Å². The Hall–Kier alpha value is 0.466. The molecule has 0 bridgehead atoms. The summed E-state index contributed by atoms with van der Waals surface area (Å²) in [6.07, 6.45) is 7.01. The quantitative estimate of drug-likeness (QED) is 0.500. The molecule has 1 fully saturated rings. The summed E-state index contributed by atoms with van der Waals surface area (Å²) in [6, 6.07) is 11.8. The molecule has 0 radical (unpaired) electrons. The molecule has 0 amide bonds. The molecule has 0 aromatic heterocycles. The van der Waals surface area contributed by atoms with Gasteiger partial charge in [0, 0.05) is 0 Å². The van der Waals surface area contributed by atoms with E-state index < -0.39 is 0 Å². The maximum absolute atomic E-state index is 3.34. The van der Waals surface area contributed by atoms with Crippen molar-refractivity contribution in [1.82, 2.24) is 0 Å². The van der Waals surface area contributed by atoms with Crippen molar-refractivity contribution in [3.8, 4) is 0 Å². The molecule has 2 heteroatoms. The van der Waals surface area contributed by atoms with Crippen molar-refractivity contribution in [2.24, 2.45) is 0 Å². The summed E-state index contributed by atoms with van der Waals surface area (Å²) in [5.74, 6) is 0.806. The molecule has 0 nitrogen and oxygen atoms in total. The first-order valence-electron chi connectivity index (χ1n) is 4.93. The zero-order valence-electron chi connectivity index (χ0n) is 8.51. The smallest absolute Gasteiger partial charge is 1.00 e. The molecule has 0 saturated heterocycles. The second-order valence-corrected chi connectivity index (χ2v) is 3.65. The first-order valence-corrected chi connectivity index (χ1v) is 4.93. The van der Waals surface area contributed by atoms with Crippen molar-refractivity contribution >= 4 is 23.1 Å². The van der Waals surface area contributed by atoms with Crippen LogP contribution in [0.2, 0.25) is 0 Å². The van der Waals surface area contributed by atoms with Gasteiger partial charge in [-0.15, -0.1) is 0 Å². The Kier molecular flexibility index (Phi) is 7.98. The van der Waals surface area contributed by atoms with E-state index in [4.69, 9.17) is 0 Å². The second kappa shape index (κ2) is 7.72. The van der Waals surface area contributed by atoms with Crippen LogP contribution in [-0.2, 0) is 0 Å². The zero-order valence-corrected chi connectivity index (χ0v) is 11.5. The molecule has 0 atom stereocenters. The van der Waals surface area contributed by atoms with Crippen LogP contribution in [0.15, 0.2) is 24.3 Å². The van der Waals surface area contributed by atoms with Crippen molar-refractivity contribution in [2.75, 3.05) is 0 Å². The first kappa shape index (κ1) is 14.5. The van der Waals surface area contributed by atoms with Crippen LogP contribution in [0, 0.1) is 6.07 Å². The summed E-state index contributed by atoms with van der Waals surface area (Å²) in [5, 5.41) is 0. The van der Waals surface area contributed by atoms with E-state index in [0.717, 1.165) is 5.92 Å². The molecular weight excluding hydrogens is 248 g/mol. The third-order valence-corrected chi connectivity index (χ3v) is 2.78. The fourth-order valence-electron chi connectivity index (χ4n) is 2.07. The maximum atomic E-state index is 3.34. The maximum Gasteiger partial charge on any atom is 2.00 e. The third-order valence-electron chi connectivity index (χ3n) is 2.78. The van der Waals surface area contributed by atoms with Gasteiger partial charge in [0.2, 0.25) is 0 Å². The standard InChI is InChI=1S/C12H15.BrH.Mg/c1-3-7-11(8-4-1)12-9-5-2-6-10-12;;/h1,3-4,7,12H,2,5-6,9-10H2;1H;/q-1;;+2/p-1. The molecule has 0 aliphatic heterocycles. The van der Waals surface area contributed by atoms with Gasteiger partial charge in [-0.05, 0) is 18.8 Å². The number of hydrogen-bond acceptors (Lipinski definition) is 0. The number of halogens is 1. The summed E-state index contributed by atoms with van der Waals surface area (Å²) < 4.78 is 0. The molecule has 1 aromatic carbocycles. The Morgan fingerprint density at radius 1 is 1.07 bits per heavy atom. The van der Waals surface area contributed by atoms with Crippen LogP contribution in [0.1, 0.15) is 43.6 Å². The first-order chi connectivity index (χ1) is 5.97. The van der Waals surface area contributed by atoms with Gasteiger partial charge in [0.15, 0.2) is 0 Å². The summed E-state index contributed by atoms with van der Waals surface area (Å²) in [4.78, 5) is 0. The fraction of sp³-hybridized carbons (Fsp3) is 0.500. The van der Waals surface area contributed by atoms with Crippen LogP contribution in [-0.4, -0.2) is 23.1 Å². The Bertz CT molecular complexity index is 229. The van der Waals surface area contributed by atoms with Crippen LogP contribution in [0.3, 0.4) is 0 Å². The fourth-order valence-corrected chi connectivity index (χ4v) is 2.07. The van der Waals surface area contributed by atoms with Crippen LogP contribution < -0.4 is 17.0 Å². The summed E-state index contributed by atoms with van der Waals surface area (Å²) in [6.45, 7) is 0. The molecule has 14 heavy (non-hydrogen) atoms. The minimum atomic E-state index is 0. The minimum absolute atomic E-state index is 0. The van der Waals surface area contributed by atoms with Gasteiger partial charge in [-0.25, -0.2) is 0 Å². The largest absolute Gasteiger partial charge is 2.00 e. The Morgan fingerprint density at radius 3 is 2.36 bits per heavy atom. The summed E-state index contributed by atoms with van der Waals surface area (Å²) in [7, 11) is 0. The van der Waals surface area contributed by atoms with Gasteiger partial charge in [0.1, 0.15) is 0 Å². The van der Waals surface area contributed by atoms with E-state index in [2.05, 4.69) is 18.2 Å². The molecule has 0 spiro atoms. The van der Waals surface area contributed by atoms with E-state index in [1.807, 2.05) is 12.1 Å². The number of rotatable bonds is 1. The van der Waals surface area contributed by atoms with Gasteiger partial charge in [0.05, 0.1) is 0 Å². The topological polar surface area (TPSA) is 0 Å². The number of benzene rings is 1. The van der Waals surface area contributed by atoms with Gasteiger partial charge in [-0.3, -0.25) is 0 Å². The average Bonchev–Trinajstić information content (AvgIpc) is 2.21. The molecule has 1 aliphatic carbocycles. The summed E-state index contributed by atoms with van der Waals surface area (Å²) >= 11 is 0. The van der Waals surface area contributed by atoms with Crippen LogP contribution in [0.25, 0.3) is 0 Å². The summed E-state index contributed by atoms with van der Waals surface area (Å²) in [5.41, 5.74) is 1.43. The average molecular weight is 263 g/mol. The van der Waals surface area contributed by atoms with Crippen LogP contribution >= 0.6 is 0 Å².